The van der Waals surface area contributed by atoms with Crippen LogP contribution in [-0.4, -0.2) is 28.4 Å². The molecule has 1 aliphatic heterocycles. The van der Waals surface area contributed by atoms with Crippen LogP contribution in [0, 0.1) is 12.8 Å². The number of hydrogen-bond donors (Lipinski definition) is 1. The number of hydrogen-bond acceptors (Lipinski definition) is 4. The van der Waals surface area contributed by atoms with Crippen molar-refractivity contribution in [2.75, 3.05) is 13.2 Å². The lowest BCUT2D eigenvalue weighted by atomic mass is 9.97. The smallest absolute Gasteiger partial charge is 0.270 e. The number of aryl methyl sites for hydroxylation is 1. The molecule has 26 heavy (non-hydrogen) atoms. The highest BCUT2D eigenvalue weighted by Gasteiger charge is 2.21. The zero-order valence-corrected chi connectivity index (χ0v) is 14.4. The Morgan fingerprint density at radius 2 is 2.12 bits per heavy atom. The Hall–Kier alpha value is -3.15. The van der Waals surface area contributed by atoms with Crippen LogP contribution in [0.4, 0.5) is 0 Å². The molecule has 132 valence electrons. The summed E-state index contributed by atoms with van der Waals surface area (Å²) in [5, 5.41) is 2.85. The number of nitrogens with one attached hydrogen (secondary N) is 1. The highest BCUT2D eigenvalue weighted by Crippen LogP contribution is 2.26. The molecular weight excluding hydrogens is 330 g/mol. The molecule has 1 atom stereocenters. The van der Waals surface area contributed by atoms with Crippen molar-refractivity contribution in [2.45, 2.75) is 13.3 Å². The predicted molar refractivity (Wildman–Crippen MR) is 97.7 cm³/mol. The van der Waals surface area contributed by atoms with E-state index in [1.807, 2.05) is 43.3 Å². The van der Waals surface area contributed by atoms with Gasteiger partial charge in [0.25, 0.3) is 11.5 Å². The van der Waals surface area contributed by atoms with Gasteiger partial charge in [0.1, 0.15) is 17.0 Å². The van der Waals surface area contributed by atoms with Gasteiger partial charge in [0.15, 0.2) is 0 Å². The predicted octanol–water partition coefficient (Wildman–Crippen LogP) is 1.98. The summed E-state index contributed by atoms with van der Waals surface area (Å²) in [4.78, 5) is 29.4. The van der Waals surface area contributed by atoms with Crippen molar-refractivity contribution < 1.29 is 9.53 Å². The molecule has 0 spiro atoms. The molecule has 4 rings (SSSR count). The van der Waals surface area contributed by atoms with Gasteiger partial charge in [-0.25, -0.2) is 4.98 Å². The average molecular weight is 349 g/mol. The average Bonchev–Trinajstić information content (AvgIpc) is 2.66. The molecule has 1 aliphatic rings. The van der Waals surface area contributed by atoms with Gasteiger partial charge in [-0.2, -0.15) is 0 Å². The molecular formula is C20H19N3O3. The fourth-order valence-corrected chi connectivity index (χ4v) is 3.28. The molecule has 0 radical (unpaired) electrons. The summed E-state index contributed by atoms with van der Waals surface area (Å²) in [6.07, 6.45) is 2.18. The number of rotatable bonds is 3. The molecule has 3 aromatic rings. The molecule has 0 saturated carbocycles. The van der Waals surface area contributed by atoms with Gasteiger partial charge < -0.3 is 10.1 Å². The van der Waals surface area contributed by atoms with Crippen LogP contribution in [0.2, 0.25) is 0 Å². The summed E-state index contributed by atoms with van der Waals surface area (Å²) in [6, 6.07) is 13.3. The summed E-state index contributed by atoms with van der Waals surface area (Å²) in [7, 11) is 0. The summed E-state index contributed by atoms with van der Waals surface area (Å²) in [6.45, 7) is 2.81. The van der Waals surface area contributed by atoms with E-state index >= 15 is 0 Å². The Kier molecular flexibility index (Phi) is 4.16. The number of carbonyl (C=O) groups is 1. The normalized spacial score (nSPS) is 16.0. The second-order valence-corrected chi connectivity index (χ2v) is 6.54. The van der Waals surface area contributed by atoms with Crippen molar-refractivity contribution in [3.05, 3.63) is 75.8 Å². The van der Waals surface area contributed by atoms with E-state index in [9.17, 15) is 9.59 Å². The maximum atomic E-state index is 12.6. The van der Waals surface area contributed by atoms with Crippen molar-refractivity contribution >= 4 is 11.6 Å². The number of amides is 1. The first-order valence-electron chi connectivity index (χ1n) is 8.60. The molecule has 0 bridgehead atoms. The van der Waals surface area contributed by atoms with Crippen LogP contribution in [0.25, 0.3) is 5.65 Å². The number of aromatic nitrogens is 2. The molecule has 1 aromatic carbocycles. The first-order chi connectivity index (χ1) is 12.6. The fourth-order valence-electron chi connectivity index (χ4n) is 3.28. The molecule has 0 unspecified atom stereocenters. The molecule has 0 fully saturated rings. The van der Waals surface area contributed by atoms with Crippen LogP contribution < -0.4 is 15.6 Å². The lowest BCUT2D eigenvalue weighted by Gasteiger charge is -2.25. The van der Waals surface area contributed by atoms with Crippen LogP contribution in [0.5, 0.6) is 5.75 Å². The molecule has 3 heterocycles. The quantitative estimate of drug-likeness (QED) is 0.785. The number of pyridine rings is 1. The molecule has 6 heteroatoms. The van der Waals surface area contributed by atoms with Crippen LogP contribution in [0.3, 0.4) is 0 Å². The minimum Gasteiger partial charge on any atom is -0.493 e. The summed E-state index contributed by atoms with van der Waals surface area (Å²) >= 11 is 0. The Bertz CT molecular complexity index is 1040. The monoisotopic (exact) mass is 349 g/mol. The first-order valence-corrected chi connectivity index (χ1v) is 8.60. The molecule has 1 amide bonds. The summed E-state index contributed by atoms with van der Waals surface area (Å²) in [5.74, 6) is 0.674. The Labute approximate surface area is 150 Å². The largest absolute Gasteiger partial charge is 0.493 e. The standard InChI is InChI=1S/C20H19N3O3/c1-13-5-4-8-18-21-11-16(20(25)23(13)18)19(24)22-10-14-9-15-6-2-3-7-17(15)26-12-14/h2-8,11,14H,9-10,12H2,1H3,(H,22,24)/t14-/m1/s1. The van der Waals surface area contributed by atoms with Gasteiger partial charge in [0.2, 0.25) is 0 Å². The second-order valence-electron chi connectivity index (χ2n) is 6.54. The van der Waals surface area contributed by atoms with Gasteiger partial charge in [0.05, 0.1) is 6.61 Å². The van der Waals surface area contributed by atoms with E-state index in [0.29, 0.717) is 18.8 Å². The second kappa shape index (κ2) is 6.63. The molecule has 6 nitrogen and oxygen atoms in total. The maximum Gasteiger partial charge on any atom is 0.270 e. The Balaban J connectivity index is 1.49. The van der Waals surface area contributed by atoms with Crippen LogP contribution in [-0.2, 0) is 6.42 Å². The van der Waals surface area contributed by atoms with Gasteiger partial charge in [-0.15, -0.1) is 0 Å². The minimum absolute atomic E-state index is 0.0499. The van der Waals surface area contributed by atoms with Crippen LogP contribution in [0.1, 0.15) is 21.6 Å². The third-order valence-electron chi connectivity index (χ3n) is 4.68. The molecule has 1 N–H and O–H groups in total. The molecule has 2 aromatic heterocycles. The number of carbonyl (C=O) groups excluding carboxylic acids is 1. The zero-order chi connectivity index (χ0) is 18.1. The van der Waals surface area contributed by atoms with E-state index in [1.165, 1.54) is 10.6 Å². The number of nitrogens with zero attached hydrogens (tertiary/aromatic N) is 2. The van der Waals surface area contributed by atoms with Gasteiger partial charge in [-0.3, -0.25) is 14.0 Å². The number of para-hydroxylation sites is 1. The van der Waals surface area contributed by atoms with Gasteiger partial charge in [-0.05, 0) is 37.1 Å². The van der Waals surface area contributed by atoms with E-state index in [1.54, 1.807) is 6.07 Å². The lowest BCUT2D eigenvalue weighted by molar-refractivity contribution is 0.0937. The van der Waals surface area contributed by atoms with E-state index < -0.39 is 5.91 Å². The van der Waals surface area contributed by atoms with Crippen molar-refractivity contribution in [3.8, 4) is 5.75 Å². The Morgan fingerprint density at radius 3 is 3.00 bits per heavy atom. The van der Waals surface area contributed by atoms with Crippen molar-refractivity contribution in [3.63, 3.8) is 0 Å². The van der Waals surface area contributed by atoms with Crippen molar-refractivity contribution in [1.82, 2.24) is 14.7 Å². The van der Waals surface area contributed by atoms with Crippen molar-refractivity contribution in [2.24, 2.45) is 5.92 Å². The minimum atomic E-state index is -0.404. The third kappa shape index (κ3) is 2.94. The van der Waals surface area contributed by atoms with Crippen LogP contribution >= 0.6 is 0 Å². The van der Waals surface area contributed by atoms with E-state index in [-0.39, 0.29) is 17.0 Å². The molecule has 0 saturated heterocycles. The van der Waals surface area contributed by atoms with Gasteiger partial charge in [0, 0.05) is 24.4 Å². The van der Waals surface area contributed by atoms with E-state index in [4.69, 9.17) is 4.74 Å². The molecule has 0 aliphatic carbocycles. The number of benzene rings is 1. The van der Waals surface area contributed by atoms with Crippen LogP contribution in [0.15, 0.2) is 53.5 Å². The highest BCUT2D eigenvalue weighted by atomic mass is 16.5. The maximum absolute atomic E-state index is 12.6. The van der Waals surface area contributed by atoms with Gasteiger partial charge >= 0.3 is 0 Å². The Morgan fingerprint density at radius 1 is 1.27 bits per heavy atom. The zero-order valence-electron chi connectivity index (χ0n) is 14.4. The fraction of sp³-hybridized carbons (Fsp3) is 0.250. The topological polar surface area (TPSA) is 72.7 Å². The summed E-state index contributed by atoms with van der Waals surface area (Å²) in [5.41, 5.74) is 2.11. The van der Waals surface area contributed by atoms with Crippen molar-refractivity contribution in [1.29, 1.82) is 0 Å². The van der Waals surface area contributed by atoms with E-state index in [0.717, 1.165) is 23.4 Å². The number of fused-ring (bicyclic) bond motifs is 2. The summed E-state index contributed by atoms with van der Waals surface area (Å²) < 4.78 is 7.19. The third-order valence-corrected chi connectivity index (χ3v) is 4.68. The lowest BCUT2D eigenvalue weighted by Crippen LogP contribution is -2.37. The SMILES string of the molecule is Cc1cccc2ncc(C(=O)NC[C@@H]3COc4ccccc4C3)c(=O)n12. The first kappa shape index (κ1) is 16.3. The van der Waals surface area contributed by atoms with Gasteiger partial charge in [-0.1, -0.05) is 24.3 Å². The number of ether oxygens (including phenoxy) is 1. The highest BCUT2D eigenvalue weighted by molar-refractivity contribution is 5.93. The van der Waals surface area contributed by atoms with E-state index in [2.05, 4.69) is 10.3 Å².